The Hall–Kier alpha value is -0.570. The smallest absolute Gasteiger partial charge is 0.221 e. The number of carbonyl (C=O) groups excluding carboxylic acids is 1. The Morgan fingerprint density at radius 3 is 2.53 bits per heavy atom. The largest absolute Gasteiger partial charge is 0.355 e. The van der Waals surface area contributed by atoms with Crippen LogP contribution >= 0.6 is 0 Å². The van der Waals surface area contributed by atoms with Crippen molar-refractivity contribution in [2.24, 2.45) is 11.1 Å². The van der Waals surface area contributed by atoms with Gasteiger partial charge in [0.25, 0.3) is 0 Å². The molecule has 17 heavy (non-hydrogen) atoms. The van der Waals surface area contributed by atoms with Crippen LogP contribution in [-0.4, -0.2) is 18.5 Å². The van der Waals surface area contributed by atoms with Crippen LogP contribution < -0.4 is 11.1 Å². The highest BCUT2D eigenvalue weighted by atomic mass is 16.1. The predicted octanol–water partition coefficient (Wildman–Crippen LogP) is 2.59. The second-order valence-corrected chi connectivity index (χ2v) is 5.59. The van der Waals surface area contributed by atoms with Gasteiger partial charge in [0.15, 0.2) is 0 Å². The molecule has 100 valence electrons. The molecule has 1 atom stereocenters. The molecule has 0 spiro atoms. The minimum absolute atomic E-state index is 0.0288. The van der Waals surface area contributed by atoms with Gasteiger partial charge in [-0.05, 0) is 31.1 Å². The maximum Gasteiger partial charge on any atom is 0.221 e. The normalized spacial score (nSPS) is 20.2. The SMILES string of the molecule is CCCC(N)CC(=O)NCC1(CC)CCCC1. The van der Waals surface area contributed by atoms with Gasteiger partial charge >= 0.3 is 0 Å². The highest BCUT2D eigenvalue weighted by Crippen LogP contribution is 2.40. The lowest BCUT2D eigenvalue weighted by molar-refractivity contribution is -0.122. The molecule has 0 aromatic heterocycles. The van der Waals surface area contributed by atoms with Crippen LogP contribution in [0.1, 0.15) is 65.2 Å². The molecule has 1 aliphatic rings. The molecule has 1 unspecified atom stereocenters. The second kappa shape index (κ2) is 7.00. The van der Waals surface area contributed by atoms with Crippen molar-refractivity contribution in [2.45, 2.75) is 71.3 Å². The van der Waals surface area contributed by atoms with Crippen molar-refractivity contribution in [3.05, 3.63) is 0 Å². The summed E-state index contributed by atoms with van der Waals surface area (Å²) in [6.45, 7) is 5.18. The standard InChI is InChI=1S/C14H28N2O/c1-3-7-12(15)10-13(17)16-11-14(4-2)8-5-6-9-14/h12H,3-11,15H2,1-2H3,(H,16,17). The fourth-order valence-electron chi connectivity index (χ4n) is 2.85. The molecule has 0 radical (unpaired) electrons. The summed E-state index contributed by atoms with van der Waals surface area (Å²) < 4.78 is 0. The van der Waals surface area contributed by atoms with Crippen LogP contribution in [0.15, 0.2) is 0 Å². The van der Waals surface area contributed by atoms with Gasteiger partial charge in [-0.15, -0.1) is 0 Å². The van der Waals surface area contributed by atoms with Gasteiger partial charge in [0.05, 0.1) is 0 Å². The molecule has 1 saturated carbocycles. The van der Waals surface area contributed by atoms with E-state index in [1.54, 1.807) is 0 Å². The zero-order chi connectivity index (χ0) is 12.7. The van der Waals surface area contributed by atoms with Crippen LogP contribution in [0.5, 0.6) is 0 Å². The van der Waals surface area contributed by atoms with Crippen molar-refractivity contribution >= 4 is 5.91 Å². The van der Waals surface area contributed by atoms with Crippen LogP contribution in [0.25, 0.3) is 0 Å². The van der Waals surface area contributed by atoms with Crippen molar-refractivity contribution in [3.8, 4) is 0 Å². The van der Waals surface area contributed by atoms with Gasteiger partial charge < -0.3 is 11.1 Å². The Balaban J connectivity index is 2.27. The summed E-state index contributed by atoms with van der Waals surface area (Å²) in [7, 11) is 0. The molecule has 3 N–H and O–H groups in total. The zero-order valence-electron chi connectivity index (χ0n) is 11.4. The van der Waals surface area contributed by atoms with Gasteiger partial charge in [-0.2, -0.15) is 0 Å². The first-order chi connectivity index (χ1) is 8.12. The molecule has 0 heterocycles. The van der Waals surface area contributed by atoms with E-state index in [0.717, 1.165) is 19.4 Å². The molecule has 0 aliphatic heterocycles. The quantitative estimate of drug-likeness (QED) is 0.718. The maximum atomic E-state index is 11.8. The molecule has 1 amide bonds. The average molecular weight is 240 g/mol. The first kappa shape index (κ1) is 14.5. The van der Waals surface area contributed by atoms with E-state index in [1.165, 1.54) is 32.1 Å². The average Bonchev–Trinajstić information content (AvgIpc) is 2.76. The van der Waals surface area contributed by atoms with Crippen LogP contribution in [0.4, 0.5) is 0 Å². The minimum atomic E-state index is 0.0288. The number of nitrogens with two attached hydrogens (primary N) is 1. The summed E-state index contributed by atoms with van der Waals surface area (Å²) in [5.41, 5.74) is 6.25. The lowest BCUT2D eigenvalue weighted by Crippen LogP contribution is -2.38. The van der Waals surface area contributed by atoms with Crippen LogP contribution in [0.3, 0.4) is 0 Å². The van der Waals surface area contributed by atoms with Crippen molar-refractivity contribution in [3.63, 3.8) is 0 Å². The number of amides is 1. The molecule has 1 rings (SSSR count). The Morgan fingerprint density at radius 1 is 1.35 bits per heavy atom. The van der Waals surface area contributed by atoms with Gasteiger partial charge in [0.2, 0.25) is 5.91 Å². The summed E-state index contributed by atoms with van der Waals surface area (Å²) in [4.78, 5) is 11.8. The summed E-state index contributed by atoms with van der Waals surface area (Å²) in [5, 5.41) is 3.09. The van der Waals surface area contributed by atoms with E-state index in [4.69, 9.17) is 5.73 Å². The Morgan fingerprint density at radius 2 is 2.00 bits per heavy atom. The second-order valence-electron chi connectivity index (χ2n) is 5.59. The molecule has 3 nitrogen and oxygen atoms in total. The highest BCUT2D eigenvalue weighted by molar-refractivity contribution is 5.76. The monoisotopic (exact) mass is 240 g/mol. The highest BCUT2D eigenvalue weighted by Gasteiger charge is 2.32. The summed E-state index contributed by atoms with van der Waals surface area (Å²) in [5.74, 6) is 0.130. The molecule has 0 bridgehead atoms. The Bertz CT molecular complexity index is 234. The van der Waals surface area contributed by atoms with E-state index in [-0.39, 0.29) is 11.9 Å². The number of rotatable bonds is 7. The lowest BCUT2D eigenvalue weighted by atomic mass is 9.83. The molecule has 0 aromatic carbocycles. The van der Waals surface area contributed by atoms with Crippen molar-refractivity contribution in [1.29, 1.82) is 0 Å². The third-order valence-corrected chi connectivity index (χ3v) is 4.18. The molecule has 0 saturated heterocycles. The Labute approximate surface area is 106 Å². The molecular weight excluding hydrogens is 212 g/mol. The van der Waals surface area contributed by atoms with Crippen LogP contribution in [-0.2, 0) is 4.79 Å². The van der Waals surface area contributed by atoms with E-state index < -0.39 is 0 Å². The lowest BCUT2D eigenvalue weighted by Gasteiger charge is -2.27. The van der Waals surface area contributed by atoms with Crippen LogP contribution in [0, 0.1) is 5.41 Å². The first-order valence-corrected chi connectivity index (χ1v) is 7.14. The van der Waals surface area contributed by atoms with Gasteiger partial charge in [-0.25, -0.2) is 0 Å². The van der Waals surface area contributed by atoms with E-state index in [1.807, 2.05) is 0 Å². The fourth-order valence-corrected chi connectivity index (χ4v) is 2.85. The topological polar surface area (TPSA) is 55.1 Å². The zero-order valence-corrected chi connectivity index (χ0v) is 11.4. The molecular formula is C14H28N2O. The van der Waals surface area contributed by atoms with Crippen molar-refractivity contribution in [2.75, 3.05) is 6.54 Å². The van der Waals surface area contributed by atoms with Gasteiger partial charge in [0, 0.05) is 19.0 Å². The van der Waals surface area contributed by atoms with Gasteiger partial charge in [-0.3, -0.25) is 4.79 Å². The van der Waals surface area contributed by atoms with E-state index in [0.29, 0.717) is 11.8 Å². The summed E-state index contributed by atoms with van der Waals surface area (Å²) in [6.07, 6.45) is 8.81. The summed E-state index contributed by atoms with van der Waals surface area (Å²) in [6, 6.07) is 0.0288. The number of carbonyl (C=O) groups is 1. The predicted molar refractivity (Wildman–Crippen MR) is 71.7 cm³/mol. The fraction of sp³-hybridized carbons (Fsp3) is 0.929. The van der Waals surface area contributed by atoms with E-state index in [2.05, 4.69) is 19.2 Å². The van der Waals surface area contributed by atoms with Crippen LogP contribution in [0.2, 0.25) is 0 Å². The minimum Gasteiger partial charge on any atom is -0.355 e. The first-order valence-electron chi connectivity index (χ1n) is 7.14. The van der Waals surface area contributed by atoms with E-state index >= 15 is 0 Å². The summed E-state index contributed by atoms with van der Waals surface area (Å²) >= 11 is 0. The Kier molecular flexibility index (Phi) is 5.96. The molecule has 0 aromatic rings. The van der Waals surface area contributed by atoms with Gasteiger partial charge in [0.1, 0.15) is 0 Å². The molecule has 1 fully saturated rings. The number of hydrogen-bond acceptors (Lipinski definition) is 2. The third kappa shape index (κ3) is 4.66. The van der Waals surface area contributed by atoms with Crippen molar-refractivity contribution < 1.29 is 4.79 Å². The van der Waals surface area contributed by atoms with Gasteiger partial charge in [-0.1, -0.05) is 33.1 Å². The molecule has 3 heteroatoms. The maximum absolute atomic E-state index is 11.8. The van der Waals surface area contributed by atoms with Crippen molar-refractivity contribution in [1.82, 2.24) is 5.32 Å². The number of nitrogens with one attached hydrogen (secondary N) is 1. The third-order valence-electron chi connectivity index (χ3n) is 4.18. The number of hydrogen-bond donors (Lipinski definition) is 2. The molecule has 1 aliphatic carbocycles. The van der Waals surface area contributed by atoms with E-state index in [9.17, 15) is 4.79 Å².